The van der Waals surface area contributed by atoms with Crippen molar-refractivity contribution in [3.05, 3.63) is 74.4 Å². The molecule has 0 atom stereocenters. The highest BCUT2D eigenvalue weighted by Crippen LogP contribution is 2.42. The van der Waals surface area contributed by atoms with Gasteiger partial charge in [-0.3, -0.25) is 9.59 Å². The minimum absolute atomic E-state index is 0.0152. The molecule has 4 aromatic rings. The molecule has 19 heteroatoms. The van der Waals surface area contributed by atoms with Gasteiger partial charge in [-0.1, -0.05) is 34.8 Å². The van der Waals surface area contributed by atoms with Gasteiger partial charge in [0.1, 0.15) is 12.2 Å². The van der Waals surface area contributed by atoms with Crippen LogP contribution in [0.3, 0.4) is 0 Å². The number of rotatable bonds is 9. The van der Waals surface area contributed by atoms with Crippen LogP contribution in [0.5, 0.6) is 0 Å². The van der Waals surface area contributed by atoms with Crippen LogP contribution in [-0.4, -0.2) is 59.5 Å². The van der Waals surface area contributed by atoms with Crippen LogP contribution >= 0.6 is 34.8 Å². The Labute approximate surface area is 253 Å². The summed E-state index contributed by atoms with van der Waals surface area (Å²) in [5, 5.41) is 18.9. The Kier molecular flexibility index (Phi) is 8.28. The summed E-state index contributed by atoms with van der Waals surface area (Å²) in [4.78, 5) is 31.1. The zero-order valence-corrected chi connectivity index (χ0v) is 23.6. The average molecular weight is 665 g/mol. The van der Waals surface area contributed by atoms with Gasteiger partial charge in [0, 0.05) is 17.8 Å². The summed E-state index contributed by atoms with van der Waals surface area (Å²) in [6.45, 7) is -0.146. The second-order valence-corrected chi connectivity index (χ2v) is 10.6. The first kappa shape index (κ1) is 30.6. The van der Waals surface area contributed by atoms with Crippen molar-refractivity contribution in [2.24, 2.45) is 5.92 Å². The third-order valence-corrected chi connectivity index (χ3v) is 6.92. The van der Waals surface area contributed by atoms with Crippen LogP contribution in [0.25, 0.3) is 5.82 Å². The molecule has 0 aliphatic heterocycles. The van der Waals surface area contributed by atoms with E-state index in [-0.39, 0.29) is 43.5 Å². The molecule has 0 unspecified atom stereocenters. The number of hydrogen-bond donors (Lipinski definition) is 2. The maximum Gasteiger partial charge on any atom is 0.461 e. The number of nitrogens with one attached hydrogen (secondary N) is 2. The van der Waals surface area contributed by atoms with Gasteiger partial charge in [-0.15, -0.1) is 10.2 Å². The van der Waals surface area contributed by atoms with Crippen molar-refractivity contribution in [3.8, 4) is 5.82 Å². The van der Waals surface area contributed by atoms with Crippen LogP contribution in [0.4, 0.5) is 27.6 Å². The van der Waals surface area contributed by atoms with E-state index in [0.717, 1.165) is 17.5 Å². The second kappa shape index (κ2) is 11.7. The number of tetrazole rings is 1. The van der Waals surface area contributed by atoms with E-state index in [1.54, 1.807) is 0 Å². The van der Waals surface area contributed by atoms with Gasteiger partial charge in [-0.05, 0) is 54.3 Å². The maximum atomic E-state index is 13.7. The number of benzene rings is 1. The zero-order valence-electron chi connectivity index (χ0n) is 21.3. The molecule has 226 valence electrons. The molecule has 2 N–H and O–H groups in total. The zero-order chi connectivity index (χ0) is 31.1. The molecule has 0 saturated heterocycles. The van der Waals surface area contributed by atoms with Crippen LogP contribution in [0.15, 0.2) is 36.5 Å². The quantitative estimate of drug-likeness (QED) is 0.232. The van der Waals surface area contributed by atoms with E-state index < -0.39 is 36.3 Å². The summed E-state index contributed by atoms with van der Waals surface area (Å²) in [6.07, 6.45) is -2.62. The number of halogens is 8. The Bertz CT molecular complexity index is 1710. The number of anilines is 1. The summed E-state index contributed by atoms with van der Waals surface area (Å²) in [7, 11) is 0. The predicted molar refractivity (Wildman–Crippen MR) is 143 cm³/mol. The second-order valence-electron chi connectivity index (χ2n) is 9.37. The minimum Gasteiger partial charge on any atom is -0.352 e. The van der Waals surface area contributed by atoms with Gasteiger partial charge < -0.3 is 10.6 Å². The third-order valence-electron chi connectivity index (χ3n) is 6.11. The molecule has 3 heterocycles. The van der Waals surface area contributed by atoms with E-state index in [4.69, 9.17) is 34.8 Å². The lowest BCUT2D eigenvalue weighted by molar-refractivity contribution is -0.292. The molecular weight excluding hydrogens is 648 g/mol. The molecule has 2 amide bonds. The SMILES string of the molecule is O=C(NCC1CC1)c1cc(Cl)cc(Cl)c1NC(=O)c1cc(Cn2nnc(C(F)(F)C(F)(F)F)n2)nn1-c1ncccc1Cl. The Morgan fingerprint density at radius 1 is 1.00 bits per heavy atom. The first-order valence-electron chi connectivity index (χ1n) is 12.3. The van der Waals surface area contributed by atoms with Crippen molar-refractivity contribution >= 4 is 52.3 Å². The Balaban J connectivity index is 1.48. The molecule has 1 fully saturated rings. The number of carbonyl (C=O) groups is 2. The third kappa shape index (κ3) is 6.55. The summed E-state index contributed by atoms with van der Waals surface area (Å²) >= 11 is 18.7. The van der Waals surface area contributed by atoms with Gasteiger partial charge in [0.2, 0.25) is 0 Å². The molecule has 1 aliphatic carbocycles. The Morgan fingerprint density at radius 2 is 1.74 bits per heavy atom. The number of hydrogen-bond acceptors (Lipinski definition) is 7. The summed E-state index contributed by atoms with van der Waals surface area (Å²) in [5.41, 5.74) is -0.385. The maximum absolute atomic E-state index is 13.7. The molecule has 0 spiro atoms. The van der Waals surface area contributed by atoms with E-state index in [1.807, 2.05) is 0 Å². The summed E-state index contributed by atoms with van der Waals surface area (Å²) < 4.78 is 66.5. The molecule has 0 radical (unpaired) electrons. The largest absolute Gasteiger partial charge is 0.461 e. The minimum atomic E-state index is -5.94. The molecule has 43 heavy (non-hydrogen) atoms. The number of alkyl halides is 5. The molecule has 11 nitrogen and oxygen atoms in total. The predicted octanol–water partition coefficient (Wildman–Crippen LogP) is 5.31. The van der Waals surface area contributed by atoms with E-state index >= 15 is 0 Å². The first-order chi connectivity index (χ1) is 20.2. The number of aromatic nitrogens is 7. The van der Waals surface area contributed by atoms with Gasteiger partial charge in [-0.2, -0.15) is 31.8 Å². The standard InChI is InChI=1S/C24H17Cl3F5N9O2/c25-12-6-14(20(42)34-9-11-3-4-11)18(16(27)7-12)35-21(43)17-8-13(37-41(17)19-15(26)2-1-5-33-19)10-40-38-22(36-39-40)23(28,29)24(30,31)32/h1-2,5-8,11H,3-4,9-10H2,(H,34,42)(H,35,43). The highest BCUT2D eigenvalue weighted by molar-refractivity contribution is 6.38. The molecular formula is C24H17Cl3F5N9O2. The smallest absolute Gasteiger partial charge is 0.352 e. The van der Waals surface area contributed by atoms with Crippen molar-refractivity contribution in [3.63, 3.8) is 0 Å². The van der Waals surface area contributed by atoms with Crippen LogP contribution in [0, 0.1) is 5.92 Å². The fraction of sp³-hybridized carbons (Fsp3) is 0.292. The molecule has 1 aliphatic rings. The lowest BCUT2D eigenvalue weighted by Crippen LogP contribution is -2.35. The highest BCUT2D eigenvalue weighted by Gasteiger charge is 2.62. The summed E-state index contributed by atoms with van der Waals surface area (Å²) in [5.74, 6) is -8.27. The molecule has 1 saturated carbocycles. The number of carbonyl (C=O) groups excluding carboxylic acids is 2. The van der Waals surface area contributed by atoms with Crippen molar-refractivity contribution in [1.29, 1.82) is 0 Å². The molecule has 5 rings (SSSR count). The fourth-order valence-corrected chi connectivity index (χ4v) is 4.53. The number of amides is 2. The Morgan fingerprint density at radius 3 is 2.42 bits per heavy atom. The number of nitrogens with zero attached hydrogens (tertiary/aromatic N) is 7. The fourth-order valence-electron chi connectivity index (χ4n) is 3.78. The van der Waals surface area contributed by atoms with Crippen LogP contribution in [0.2, 0.25) is 15.1 Å². The topological polar surface area (TPSA) is 133 Å². The van der Waals surface area contributed by atoms with Gasteiger partial charge in [0.05, 0.1) is 27.0 Å². The monoisotopic (exact) mass is 663 g/mol. The number of pyridine rings is 1. The lowest BCUT2D eigenvalue weighted by atomic mass is 10.1. The normalized spacial score (nSPS) is 13.7. The van der Waals surface area contributed by atoms with Gasteiger partial charge >= 0.3 is 12.1 Å². The van der Waals surface area contributed by atoms with Crippen LogP contribution < -0.4 is 10.6 Å². The first-order valence-corrected chi connectivity index (χ1v) is 13.4. The van der Waals surface area contributed by atoms with Crippen LogP contribution in [0.1, 0.15) is 45.2 Å². The van der Waals surface area contributed by atoms with E-state index in [1.165, 1.54) is 36.5 Å². The van der Waals surface area contributed by atoms with Gasteiger partial charge in [0.25, 0.3) is 17.6 Å². The average Bonchev–Trinajstić information content (AvgIpc) is 3.48. The van der Waals surface area contributed by atoms with Gasteiger partial charge in [0.15, 0.2) is 5.82 Å². The van der Waals surface area contributed by atoms with Crippen LogP contribution in [-0.2, 0) is 12.5 Å². The van der Waals surface area contributed by atoms with E-state index in [2.05, 4.69) is 36.1 Å². The van der Waals surface area contributed by atoms with Crippen molar-refractivity contribution in [2.45, 2.75) is 31.5 Å². The van der Waals surface area contributed by atoms with Crippen molar-refractivity contribution in [1.82, 2.24) is 40.3 Å². The lowest BCUT2D eigenvalue weighted by Gasteiger charge is -2.14. The van der Waals surface area contributed by atoms with Crippen molar-refractivity contribution < 1.29 is 31.5 Å². The highest BCUT2D eigenvalue weighted by atomic mass is 35.5. The molecule has 3 aromatic heterocycles. The van der Waals surface area contributed by atoms with Gasteiger partial charge in [-0.25, -0.2) is 9.67 Å². The Hall–Kier alpha value is -3.89. The molecule has 0 bridgehead atoms. The van der Waals surface area contributed by atoms with E-state index in [0.29, 0.717) is 17.3 Å². The van der Waals surface area contributed by atoms with Crippen molar-refractivity contribution in [2.75, 3.05) is 11.9 Å². The summed E-state index contributed by atoms with van der Waals surface area (Å²) in [6, 6.07) is 6.78. The molecule has 1 aromatic carbocycles. The van der Waals surface area contributed by atoms with E-state index in [9.17, 15) is 31.5 Å².